The van der Waals surface area contributed by atoms with E-state index in [1.165, 1.54) is 77.7 Å². The van der Waals surface area contributed by atoms with E-state index in [0.29, 0.717) is 0 Å². The second-order valence-corrected chi connectivity index (χ2v) is 6.75. The van der Waals surface area contributed by atoms with Gasteiger partial charge in [0.05, 0.1) is 0 Å². The number of piperidine rings is 1. The molecule has 0 amide bonds. The average Bonchev–Trinajstić information content (AvgIpc) is 2.40. The van der Waals surface area contributed by atoms with Gasteiger partial charge in [-0.05, 0) is 63.8 Å². The van der Waals surface area contributed by atoms with E-state index in [0.717, 1.165) is 11.8 Å². The van der Waals surface area contributed by atoms with Crippen LogP contribution in [0.25, 0.3) is 0 Å². The standard InChI is InChI=1S/C17H36N2/c1-4-5-6-7-8-11-19-12-9-17(10-13-19)15-18-14-16(2)3/h16-18H,4-15H2,1-3H3. The quantitative estimate of drug-likeness (QED) is 0.604. The Morgan fingerprint density at radius 2 is 1.74 bits per heavy atom. The molecule has 1 heterocycles. The summed E-state index contributed by atoms with van der Waals surface area (Å²) >= 11 is 0. The van der Waals surface area contributed by atoms with Crippen molar-refractivity contribution in [2.45, 2.75) is 65.7 Å². The molecule has 1 fully saturated rings. The monoisotopic (exact) mass is 268 g/mol. The zero-order chi connectivity index (χ0) is 13.9. The highest BCUT2D eigenvalue weighted by atomic mass is 15.1. The van der Waals surface area contributed by atoms with E-state index in [2.05, 4.69) is 31.0 Å². The first-order valence-corrected chi connectivity index (χ1v) is 8.65. The van der Waals surface area contributed by atoms with Crippen LogP contribution in [0.2, 0.25) is 0 Å². The van der Waals surface area contributed by atoms with Crippen molar-refractivity contribution in [2.75, 3.05) is 32.7 Å². The largest absolute Gasteiger partial charge is 0.316 e. The molecule has 0 radical (unpaired) electrons. The number of nitrogens with one attached hydrogen (secondary N) is 1. The maximum Gasteiger partial charge on any atom is -0.00156 e. The van der Waals surface area contributed by atoms with Crippen molar-refractivity contribution in [3.05, 3.63) is 0 Å². The van der Waals surface area contributed by atoms with Gasteiger partial charge in [0, 0.05) is 0 Å². The van der Waals surface area contributed by atoms with Crippen molar-refractivity contribution < 1.29 is 0 Å². The number of hydrogen-bond acceptors (Lipinski definition) is 2. The van der Waals surface area contributed by atoms with Crippen LogP contribution in [-0.4, -0.2) is 37.6 Å². The second-order valence-electron chi connectivity index (χ2n) is 6.75. The van der Waals surface area contributed by atoms with Gasteiger partial charge in [-0.25, -0.2) is 0 Å². The van der Waals surface area contributed by atoms with E-state index in [1.807, 2.05) is 0 Å². The van der Waals surface area contributed by atoms with E-state index < -0.39 is 0 Å². The molecule has 0 atom stereocenters. The lowest BCUT2D eigenvalue weighted by Gasteiger charge is -2.32. The molecule has 1 rings (SSSR count). The molecule has 19 heavy (non-hydrogen) atoms. The molecular weight excluding hydrogens is 232 g/mol. The van der Waals surface area contributed by atoms with Crippen molar-refractivity contribution in [1.29, 1.82) is 0 Å². The lowest BCUT2D eigenvalue weighted by molar-refractivity contribution is 0.178. The van der Waals surface area contributed by atoms with Crippen molar-refractivity contribution >= 4 is 0 Å². The van der Waals surface area contributed by atoms with Crippen LogP contribution in [0.5, 0.6) is 0 Å². The summed E-state index contributed by atoms with van der Waals surface area (Å²) in [4.78, 5) is 2.69. The minimum Gasteiger partial charge on any atom is -0.316 e. The minimum atomic E-state index is 0.781. The molecule has 0 bridgehead atoms. The second kappa shape index (κ2) is 10.7. The van der Waals surface area contributed by atoms with Gasteiger partial charge in [0.2, 0.25) is 0 Å². The predicted molar refractivity (Wildman–Crippen MR) is 85.6 cm³/mol. The molecular formula is C17H36N2. The highest BCUT2D eigenvalue weighted by molar-refractivity contribution is 4.74. The molecule has 0 aromatic heterocycles. The minimum absolute atomic E-state index is 0.781. The Morgan fingerprint density at radius 3 is 2.37 bits per heavy atom. The molecule has 2 heteroatoms. The van der Waals surface area contributed by atoms with Gasteiger partial charge < -0.3 is 10.2 Å². The zero-order valence-corrected chi connectivity index (χ0v) is 13.6. The molecule has 1 aliphatic heterocycles. The van der Waals surface area contributed by atoms with E-state index in [1.54, 1.807) is 0 Å². The smallest absolute Gasteiger partial charge is 0.00156 e. The summed E-state index contributed by atoms with van der Waals surface area (Å²) in [6.07, 6.45) is 9.87. The lowest BCUT2D eigenvalue weighted by atomic mass is 9.96. The molecule has 1 saturated heterocycles. The highest BCUT2D eigenvalue weighted by Crippen LogP contribution is 2.17. The summed E-state index contributed by atoms with van der Waals surface area (Å²) in [5.74, 6) is 1.71. The van der Waals surface area contributed by atoms with Crippen LogP contribution < -0.4 is 5.32 Å². The lowest BCUT2D eigenvalue weighted by Crippen LogP contribution is -2.38. The first-order chi connectivity index (χ1) is 9.22. The molecule has 1 N–H and O–H groups in total. The van der Waals surface area contributed by atoms with Gasteiger partial charge in [0.1, 0.15) is 0 Å². The molecule has 0 aliphatic carbocycles. The van der Waals surface area contributed by atoms with Crippen LogP contribution in [-0.2, 0) is 0 Å². The number of nitrogens with zero attached hydrogens (tertiary/aromatic N) is 1. The fourth-order valence-electron chi connectivity index (χ4n) is 2.93. The zero-order valence-electron chi connectivity index (χ0n) is 13.6. The maximum absolute atomic E-state index is 3.62. The Hall–Kier alpha value is -0.0800. The summed E-state index contributed by atoms with van der Waals surface area (Å²) in [6, 6.07) is 0. The third-order valence-corrected chi connectivity index (χ3v) is 4.27. The van der Waals surface area contributed by atoms with Gasteiger partial charge in [-0.15, -0.1) is 0 Å². The summed E-state index contributed by atoms with van der Waals surface area (Å²) in [5.41, 5.74) is 0. The number of hydrogen-bond donors (Lipinski definition) is 1. The Labute approximate surface area is 121 Å². The van der Waals surface area contributed by atoms with Crippen molar-refractivity contribution in [2.24, 2.45) is 11.8 Å². The topological polar surface area (TPSA) is 15.3 Å². The molecule has 114 valence electrons. The van der Waals surface area contributed by atoms with Crippen molar-refractivity contribution in [1.82, 2.24) is 10.2 Å². The number of likely N-dealkylation sites (tertiary alicyclic amines) is 1. The Balaban J connectivity index is 1.96. The third kappa shape index (κ3) is 8.65. The van der Waals surface area contributed by atoms with Gasteiger partial charge in [-0.2, -0.15) is 0 Å². The van der Waals surface area contributed by atoms with E-state index in [9.17, 15) is 0 Å². The van der Waals surface area contributed by atoms with E-state index in [-0.39, 0.29) is 0 Å². The fraction of sp³-hybridized carbons (Fsp3) is 1.00. The van der Waals surface area contributed by atoms with Gasteiger partial charge in [-0.1, -0.05) is 46.5 Å². The Morgan fingerprint density at radius 1 is 1.05 bits per heavy atom. The first kappa shape index (κ1) is 17.0. The molecule has 0 aromatic rings. The average molecular weight is 268 g/mol. The van der Waals surface area contributed by atoms with Crippen LogP contribution in [0.3, 0.4) is 0 Å². The van der Waals surface area contributed by atoms with Crippen LogP contribution >= 0.6 is 0 Å². The highest BCUT2D eigenvalue weighted by Gasteiger charge is 2.18. The normalized spacial score (nSPS) is 18.3. The number of rotatable bonds is 10. The molecule has 1 aliphatic rings. The van der Waals surface area contributed by atoms with Gasteiger partial charge in [0.25, 0.3) is 0 Å². The van der Waals surface area contributed by atoms with Crippen molar-refractivity contribution in [3.63, 3.8) is 0 Å². The maximum atomic E-state index is 3.62. The van der Waals surface area contributed by atoms with Gasteiger partial charge in [-0.3, -0.25) is 0 Å². The Bertz CT molecular complexity index is 195. The van der Waals surface area contributed by atoms with Crippen LogP contribution in [0.1, 0.15) is 65.7 Å². The van der Waals surface area contributed by atoms with E-state index >= 15 is 0 Å². The predicted octanol–water partition coefficient (Wildman–Crippen LogP) is 3.91. The molecule has 0 aromatic carbocycles. The van der Waals surface area contributed by atoms with Gasteiger partial charge in [0.15, 0.2) is 0 Å². The van der Waals surface area contributed by atoms with Crippen LogP contribution in [0.4, 0.5) is 0 Å². The Kier molecular flexibility index (Phi) is 9.54. The van der Waals surface area contributed by atoms with Crippen LogP contribution in [0.15, 0.2) is 0 Å². The SMILES string of the molecule is CCCCCCCN1CCC(CNCC(C)C)CC1. The van der Waals surface area contributed by atoms with Crippen LogP contribution in [0, 0.1) is 11.8 Å². The van der Waals surface area contributed by atoms with Crippen molar-refractivity contribution in [3.8, 4) is 0 Å². The molecule has 2 nitrogen and oxygen atoms in total. The van der Waals surface area contributed by atoms with Gasteiger partial charge >= 0.3 is 0 Å². The summed E-state index contributed by atoms with van der Waals surface area (Å²) in [7, 11) is 0. The molecule has 0 saturated carbocycles. The molecule has 0 unspecified atom stereocenters. The third-order valence-electron chi connectivity index (χ3n) is 4.27. The first-order valence-electron chi connectivity index (χ1n) is 8.65. The molecule has 0 spiro atoms. The number of unbranched alkanes of at least 4 members (excludes halogenated alkanes) is 4. The fourth-order valence-corrected chi connectivity index (χ4v) is 2.93. The van der Waals surface area contributed by atoms with E-state index in [4.69, 9.17) is 0 Å². The summed E-state index contributed by atoms with van der Waals surface area (Å²) < 4.78 is 0. The summed E-state index contributed by atoms with van der Waals surface area (Å²) in [6.45, 7) is 13.3. The summed E-state index contributed by atoms with van der Waals surface area (Å²) in [5, 5.41) is 3.62.